The first kappa shape index (κ1) is 11.9. The van der Waals surface area contributed by atoms with Crippen molar-refractivity contribution in [3.05, 3.63) is 18.1 Å². The van der Waals surface area contributed by atoms with E-state index in [4.69, 9.17) is 4.74 Å². The van der Waals surface area contributed by atoms with Crippen LogP contribution in [0.3, 0.4) is 0 Å². The summed E-state index contributed by atoms with van der Waals surface area (Å²) in [5.41, 5.74) is 0.924. The first-order valence-corrected chi connectivity index (χ1v) is 5.03. The van der Waals surface area contributed by atoms with Gasteiger partial charge in [0.2, 0.25) is 5.88 Å². The van der Waals surface area contributed by atoms with Gasteiger partial charge in [0.15, 0.2) is 0 Å². The van der Waals surface area contributed by atoms with Crippen LogP contribution in [0.2, 0.25) is 0 Å². The molecule has 0 fully saturated rings. The van der Waals surface area contributed by atoms with E-state index in [2.05, 4.69) is 36.1 Å². The maximum absolute atomic E-state index is 5.21. The summed E-state index contributed by atoms with van der Waals surface area (Å²) in [4.78, 5) is 8.49. The lowest BCUT2D eigenvalue weighted by Crippen LogP contribution is -2.31. The predicted molar refractivity (Wildman–Crippen MR) is 59.8 cm³/mol. The molecule has 1 N–H and O–H groups in total. The van der Waals surface area contributed by atoms with Gasteiger partial charge in [-0.05, 0) is 12.5 Å². The fourth-order valence-corrected chi connectivity index (χ4v) is 1.67. The molecule has 1 aromatic heterocycles. The molecule has 1 unspecified atom stereocenters. The van der Waals surface area contributed by atoms with Crippen LogP contribution in [0, 0.1) is 5.41 Å². The standard InChI is InChI=1S/C11H19N3O/c1-11(2,3)9(12-4)8-10(15-5)14-7-6-13-8/h6-7,9,12H,1-5H3. The van der Waals surface area contributed by atoms with E-state index < -0.39 is 0 Å². The average molecular weight is 209 g/mol. The van der Waals surface area contributed by atoms with Gasteiger partial charge in [0.05, 0.1) is 13.2 Å². The van der Waals surface area contributed by atoms with Crippen molar-refractivity contribution in [1.29, 1.82) is 0 Å². The monoisotopic (exact) mass is 209 g/mol. The minimum absolute atomic E-state index is 0.0675. The van der Waals surface area contributed by atoms with E-state index in [1.165, 1.54) is 0 Å². The van der Waals surface area contributed by atoms with E-state index in [9.17, 15) is 0 Å². The van der Waals surface area contributed by atoms with Gasteiger partial charge in [-0.25, -0.2) is 4.98 Å². The molecule has 84 valence electrons. The summed E-state index contributed by atoms with van der Waals surface area (Å²) < 4.78 is 5.21. The Balaban J connectivity index is 3.12. The van der Waals surface area contributed by atoms with E-state index >= 15 is 0 Å². The highest BCUT2D eigenvalue weighted by atomic mass is 16.5. The van der Waals surface area contributed by atoms with Gasteiger partial charge < -0.3 is 10.1 Å². The number of hydrogen-bond acceptors (Lipinski definition) is 4. The lowest BCUT2D eigenvalue weighted by Gasteiger charge is -2.30. The number of ether oxygens (including phenoxy) is 1. The summed E-state index contributed by atoms with van der Waals surface area (Å²) in [6, 6.07) is 0.126. The zero-order chi connectivity index (χ0) is 11.5. The van der Waals surface area contributed by atoms with Crippen LogP contribution in [0.5, 0.6) is 5.88 Å². The van der Waals surface area contributed by atoms with Gasteiger partial charge in [0.25, 0.3) is 0 Å². The molecule has 0 aromatic carbocycles. The van der Waals surface area contributed by atoms with Crippen LogP contribution in [0.15, 0.2) is 12.4 Å². The minimum atomic E-state index is 0.0675. The maximum Gasteiger partial charge on any atom is 0.237 e. The number of rotatable bonds is 3. The minimum Gasteiger partial charge on any atom is -0.480 e. The van der Waals surface area contributed by atoms with Crippen molar-refractivity contribution in [3.8, 4) is 5.88 Å². The highest BCUT2D eigenvalue weighted by molar-refractivity contribution is 5.22. The molecule has 1 rings (SSSR count). The van der Waals surface area contributed by atoms with Crippen LogP contribution in [-0.4, -0.2) is 24.1 Å². The molecule has 0 spiro atoms. The molecular formula is C11H19N3O. The molecule has 4 nitrogen and oxygen atoms in total. The molecule has 0 aliphatic heterocycles. The van der Waals surface area contributed by atoms with Crippen LogP contribution >= 0.6 is 0 Å². The van der Waals surface area contributed by atoms with Gasteiger partial charge in [-0.1, -0.05) is 20.8 Å². The van der Waals surface area contributed by atoms with Crippen LogP contribution in [0.4, 0.5) is 0 Å². The predicted octanol–water partition coefficient (Wildman–Crippen LogP) is 1.79. The lowest BCUT2D eigenvalue weighted by molar-refractivity contribution is 0.269. The van der Waals surface area contributed by atoms with Crippen molar-refractivity contribution in [2.75, 3.05) is 14.2 Å². The fraction of sp³-hybridized carbons (Fsp3) is 0.636. The SMILES string of the molecule is CNC(c1nccnc1OC)C(C)(C)C. The van der Waals surface area contributed by atoms with E-state index in [1.807, 2.05) is 7.05 Å². The summed E-state index contributed by atoms with van der Waals surface area (Å²) >= 11 is 0. The van der Waals surface area contributed by atoms with E-state index in [0.717, 1.165) is 5.69 Å². The second-order valence-electron chi connectivity index (χ2n) is 4.54. The Morgan fingerprint density at radius 2 is 1.87 bits per heavy atom. The molecule has 0 amide bonds. The summed E-state index contributed by atoms with van der Waals surface area (Å²) in [6.07, 6.45) is 3.33. The van der Waals surface area contributed by atoms with Crippen LogP contribution in [0.25, 0.3) is 0 Å². The molecule has 0 aliphatic rings. The lowest BCUT2D eigenvalue weighted by atomic mass is 9.85. The van der Waals surface area contributed by atoms with Gasteiger partial charge in [-0.2, -0.15) is 0 Å². The Kier molecular flexibility index (Phi) is 3.63. The third kappa shape index (κ3) is 2.65. The van der Waals surface area contributed by atoms with E-state index in [1.54, 1.807) is 19.5 Å². The Bertz CT molecular complexity index is 320. The van der Waals surface area contributed by atoms with Gasteiger partial charge in [0, 0.05) is 12.4 Å². The van der Waals surface area contributed by atoms with Gasteiger partial charge in [0.1, 0.15) is 5.69 Å². The highest BCUT2D eigenvalue weighted by Gasteiger charge is 2.28. The van der Waals surface area contributed by atoms with Crippen molar-refractivity contribution < 1.29 is 4.74 Å². The number of nitrogens with zero attached hydrogens (tertiary/aromatic N) is 2. The van der Waals surface area contributed by atoms with Crippen molar-refractivity contribution in [2.45, 2.75) is 26.8 Å². The third-order valence-corrected chi connectivity index (χ3v) is 2.31. The quantitative estimate of drug-likeness (QED) is 0.824. The maximum atomic E-state index is 5.21. The summed E-state index contributed by atoms with van der Waals surface area (Å²) in [7, 11) is 3.53. The van der Waals surface area contributed by atoms with E-state index in [0.29, 0.717) is 5.88 Å². The molecule has 1 atom stereocenters. The smallest absolute Gasteiger partial charge is 0.237 e. The Labute approximate surface area is 91.1 Å². The van der Waals surface area contributed by atoms with Gasteiger partial charge in [-0.15, -0.1) is 0 Å². The Morgan fingerprint density at radius 3 is 2.33 bits per heavy atom. The molecule has 0 radical (unpaired) electrons. The van der Waals surface area contributed by atoms with Crippen molar-refractivity contribution >= 4 is 0 Å². The first-order chi connectivity index (χ1) is 7.00. The molecule has 0 bridgehead atoms. The molecule has 0 aliphatic carbocycles. The molecular weight excluding hydrogens is 190 g/mol. The molecule has 4 heteroatoms. The van der Waals surface area contributed by atoms with Crippen molar-refractivity contribution in [3.63, 3.8) is 0 Å². The third-order valence-electron chi connectivity index (χ3n) is 2.31. The molecule has 1 heterocycles. The van der Waals surface area contributed by atoms with E-state index in [-0.39, 0.29) is 11.5 Å². The number of nitrogens with one attached hydrogen (secondary N) is 1. The average Bonchev–Trinajstić information content (AvgIpc) is 2.17. The summed E-state index contributed by atoms with van der Waals surface area (Å²) in [6.45, 7) is 6.47. The van der Waals surface area contributed by atoms with Gasteiger partial charge >= 0.3 is 0 Å². The van der Waals surface area contributed by atoms with Crippen LogP contribution in [-0.2, 0) is 0 Å². The Hall–Kier alpha value is -1.16. The van der Waals surface area contributed by atoms with Crippen LogP contribution < -0.4 is 10.1 Å². The summed E-state index contributed by atoms with van der Waals surface area (Å²) in [5, 5.41) is 3.25. The van der Waals surface area contributed by atoms with Crippen molar-refractivity contribution in [2.24, 2.45) is 5.41 Å². The number of aromatic nitrogens is 2. The van der Waals surface area contributed by atoms with Crippen LogP contribution in [0.1, 0.15) is 32.5 Å². The summed E-state index contributed by atoms with van der Waals surface area (Å²) in [5.74, 6) is 0.590. The largest absolute Gasteiger partial charge is 0.480 e. The number of methoxy groups -OCH3 is 1. The fourth-order valence-electron chi connectivity index (χ4n) is 1.67. The zero-order valence-corrected chi connectivity index (χ0v) is 10.0. The zero-order valence-electron chi connectivity index (χ0n) is 10.0. The molecule has 15 heavy (non-hydrogen) atoms. The topological polar surface area (TPSA) is 47.0 Å². The van der Waals surface area contributed by atoms with Crippen molar-refractivity contribution in [1.82, 2.24) is 15.3 Å². The highest BCUT2D eigenvalue weighted by Crippen LogP contribution is 2.34. The molecule has 0 saturated carbocycles. The second-order valence-corrected chi connectivity index (χ2v) is 4.54. The Morgan fingerprint density at radius 1 is 1.27 bits per heavy atom. The number of hydrogen-bond donors (Lipinski definition) is 1. The second kappa shape index (κ2) is 4.57. The molecule has 0 saturated heterocycles. The van der Waals surface area contributed by atoms with Gasteiger partial charge in [-0.3, -0.25) is 4.98 Å². The normalized spacial score (nSPS) is 13.7. The first-order valence-electron chi connectivity index (χ1n) is 5.03. The molecule has 1 aromatic rings.